The van der Waals surface area contributed by atoms with Crippen molar-refractivity contribution >= 4 is 33.6 Å². The Balaban J connectivity index is 4.55. The smallest absolute Gasteiger partial charge is 0.463 e. The first-order valence-electron chi connectivity index (χ1n) is 52.1. The van der Waals surface area contributed by atoms with E-state index in [2.05, 4.69) is 203 Å². The maximum atomic E-state index is 13.1. The molecule has 0 rings (SSSR count). The predicted octanol–water partition coefficient (Wildman–Crippen LogP) is 33.1. The van der Waals surface area contributed by atoms with E-state index in [1.807, 2.05) is 0 Å². The highest BCUT2D eigenvalue weighted by atomic mass is 31.2. The van der Waals surface area contributed by atoms with Crippen LogP contribution in [0.3, 0.4) is 0 Å². The predicted molar refractivity (Wildman–Crippen MR) is 546 cm³/mol. The van der Waals surface area contributed by atoms with Gasteiger partial charge in [0.1, 0.15) is 25.4 Å². The average Bonchev–Trinajstić information content (AvgIpc) is 0.899. The van der Waals surface area contributed by atoms with Gasteiger partial charge in [0.05, 0.1) is 26.4 Å². The molecule has 5 unspecified atom stereocenters. The second-order valence-electron chi connectivity index (χ2n) is 34.6. The standard InChI is InChI=1S/C111H190O16P2/c1-4-7-10-13-16-19-22-25-28-31-34-37-40-42-44-46-48-50-52-54-56-58-60-62-65-67-70-73-76-79-82-85-88-91-94-97-109(114)121-100-106(112)101-123-128(117,118)124-102-107(113)103-125-129(119,120)126-105-108(127-111(116)99-96-93-90-87-84-81-78-75-72-69-64-39-36-33-30-27-24-21-18-15-12-9-6-3)104-122-110(115)98-95-92-89-86-83-80-77-74-71-68-66-63-61-59-57-55-53-51-49-47-45-43-41-38-35-32-29-26-23-20-17-14-11-8-5-2/h7-8,10-11,16-21,25-30,34-39,42-45,48,50,69,72,106-108,112-113H,4-6,9,12-15,22-24,31-33,40-41,46-47,49,51-68,70-71,73-105H2,1-3H3,(H,117,118)(H,119,120)/b10-7-,11-8-,19-16-,20-17-,21-18-,28-25-,29-26-,30-27-,37-34-,38-35-,39-36-,44-42-,45-43-,50-48-,72-69-. The molecule has 129 heavy (non-hydrogen) atoms. The van der Waals surface area contributed by atoms with Gasteiger partial charge < -0.3 is 34.2 Å². The summed E-state index contributed by atoms with van der Waals surface area (Å²) in [5.74, 6) is -1.57. The van der Waals surface area contributed by atoms with Gasteiger partial charge in [0.25, 0.3) is 0 Å². The van der Waals surface area contributed by atoms with E-state index < -0.39 is 91.5 Å². The number of allylic oxidation sites excluding steroid dienone is 30. The minimum absolute atomic E-state index is 0.0905. The number of carbonyl (C=O) groups is 3. The molecule has 16 nitrogen and oxygen atoms in total. The van der Waals surface area contributed by atoms with E-state index in [0.29, 0.717) is 19.3 Å². The number of hydrogen-bond acceptors (Lipinski definition) is 14. The molecule has 0 aliphatic heterocycles. The van der Waals surface area contributed by atoms with Crippen molar-refractivity contribution in [1.82, 2.24) is 0 Å². The SMILES string of the molecule is CC/C=C\C/C=C\C/C=C\C/C=C\C/C=C\C/C=C\CCCCCCCCCCCCCCCCCCC(=O)OCC(O)COP(=O)(O)OCC(O)COP(=O)(O)OCC(COC(=O)CCCCCCCCCCCCCCCCCCCCC/C=C\C/C=C\C/C=C\C/C=C\C/C=C\CC)OC(=O)CCCCCCCCC/C=C\C/C=C\C/C=C\C/C=C\CCCCC. The van der Waals surface area contributed by atoms with Crippen LogP contribution in [-0.4, -0.2) is 95.9 Å². The van der Waals surface area contributed by atoms with Crippen LogP contribution in [0.15, 0.2) is 182 Å². The van der Waals surface area contributed by atoms with Gasteiger partial charge in [-0.25, -0.2) is 9.13 Å². The average molecular weight is 1840 g/mol. The zero-order valence-corrected chi connectivity index (χ0v) is 83.8. The minimum Gasteiger partial charge on any atom is -0.463 e. The van der Waals surface area contributed by atoms with Crippen LogP contribution in [0.2, 0.25) is 0 Å². The quantitative estimate of drug-likeness (QED) is 0.0146. The largest absolute Gasteiger partial charge is 0.472 e. The van der Waals surface area contributed by atoms with Gasteiger partial charge in [-0.2, -0.15) is 0 Å². The molecule has 0 heterocycles. The van der Waals surface area contributed by atoms with Crippen molar-refractivity contribution in [2.24, 2.45) is 0 Å². The van der Waals surface area contributed by atoms with Crippen molar-refractivity contribution in [3.63, 3.8) is 0 Å². The molecule has 0 aromatic carbocycles. The van der Waals surface area contributed by atoms with Gasteiger partial charge in [-0.15, -0.1) is 0 Å². The van der Waals surface area contributed by atoms with E-state index in [1.165, 1.54) is 212 Å². The fourth-order valence-corrected chi connectivity index (χ4v) is 15.9. The van der Waals surface area contributed by atoms with E-state index in [0.717, 1.165) is 173 Å². The lowest BCUT2D eigenvalue weighted by molar-refractivity contribution is -0.161. The van der Waals surface area contributed by atoms with Gasteiger partial charge in [0.2, 0.25) is 0 Å². The molecule has 0 fully saturated rings. The van der Waals surface area contributed by atoms with Gasteiger partial charge in [-0.05, 0) is 161 Å². The summed E-state index contributed by atoms with van der Waals surface area (Å²) in [4.78, 5) is 59.2. The third kappa shape index (κ3) is 103. The van der Waals surface area contributed by atoms with Crippen LogP contribution in [0, 0.1) is 0 Å². The van der Waals surface area contributed by atoms with Gasteiger partial charge in [0.15, 0.2) is 6.10 Å². The summed E-state index contributed by atoms with van der Waals surface area (Å²) in [6.45, 7) is 2.49. The first-order chi connectivity index (χ1) is 63.2. The molecule has 0 aromatic rings. The first-order valence-corrected chi connectivity index (χ1v) is 55.1. The molecule has 0 saturated heterocycles. The Morgan fingerprint density at radius 2 is 0.411 bits per heavy atom. The molecule has 0 bridgehead atoms. The van der Waals surface area contributed by atoms with Crippen molar-refractivity contribution in [1.29, 1.82) is 0 Å². The number of carbonyl (C=O) groups excluding carboxylic acids is 3. The molecule has 4 N–H and O–H groups in total. The van der Waals surface area contributed by atoms with Gasteiger partial charge in [0, 0.05) is 19.3 Å². The number of unbranched alkanes of at least 4 members (excludes halogenated alkanes) is 45. The highest BCUT2D eigenvalue weighted by molar-refractivity contribution is 7.47. The zero-order chi connectivity index (χ0) is 93.5. The van der Waals surface area contributed by atoms with E-state index in [1.54, 1.807) is 0 Å². The Hall–Kier alpha value is -5.35. The molecular formula is C111H190O16P2. The summed E-state index contributed by atoms with van der Waals surface area (Å²) >= 11 is 0. The lowest BCUT2D eigenvalue weighted by Crippen LogP contribution is -2.30. The molecule has 0 amide bonds. The topological polar surface area (TPSA) is 231 Å². The monoisotopic (exact) mass is 1840 g/mol. The summed E-state index contributed by atoms with van der Waals surface area (Å²) < 4.78 is 61.7. The third-order valence-corrected chi connectivity index (χ3v) is 24.0. The molecule has 0 aliphatic rings. The van der Waals surface area contributed by atoms with E-state index in [4.69, 9.17) is 32.3 Å². The second kappa shape index (κ2) is 102. The van der Waals surface area contributed by atoms with E-state index in [-0.39, 0.29) is 19.3 Å². The van der Waals surface area contributed by atoms with Gasteiger partial charge in [-0.3, -0.25) is 32.5 Å². The van der Waals surface area contributed by atoms with Crippen molar-refractivity contribution in [3.8, 4) is 0 Å². The summed E-state index contributed by atoms with van der Waals surface area (Å²) in [6.07, 6.45) is 135. The molecular weight excluding hydrogens is 1650 g/mol. The maximum absolute atomic E-state index is 13.1. The van der Waals surface area contributed by atoms with Crippen molar-refractivity contribution in [3.05, 3.63) is 182 Å². The number of phosphoric acid groups is 2. The summed E-state index contributed by atoms with van der Waals surface area (Å²) in [5.41, 5.74) is 0. The molecule has 0 saturated carbocycles. The fraction of sp³-hybridized carbons (Fsp3) is 0.703. The van der Waals surface area contributed by atoms with Crippen LogP contribution in [0.5, 0.6) is 0 Å². The fourth-order valence-electron chi connectivity index (χ4n) is 14.3. The Morgan fingerprint density at radius 3 is 0.651 bits per heavy atom. The van der Waals surface area contributed by atoms with E-state index >= 15 is 0 Å². The minimum atomic E-state index is -4.95. The van der Waals surface area contributed by atoms with Crippen molar-refractivity contribution in [2.45, 2.75) is 463 Å². The molecule has 0 radical (unpaired) electrons. The number of hydrogen-bond donors (Lipinski definition) is 4. The number of esters is 3. The van der Waals surface area contributed by atoms with Crippen molar-refractivity contribution < 1.29 is 75.8 Å². The number of ether oxygens (including phenoxy) is 3. The molecule has 0 aromatic heterocycles. The first kappa shape index (κ1) is 124. The van der Waals surface area contributed by atoms with Gasteiger partial charge in [-0.1, -0.05) is 447 Å². The van der Waals surface area contributed by atoms with Crippen LogP contribution < -0.4 is 0 Å². The Morgan fingerprint density at radius 1 is 0.225 bits per heavy atom. The van der Waals surface area contributed by atoms with Crippen LogP contribution >= 0.6 is 15.6 Å². The lowest BCUT2D eigenvalue weighted by Gasteiger charge is -2.21. The molecule has 0 aliphatic carbocycles. The zero-order valence-electron chi connectivity index (χ0n) is 82.0. The summed E-state index contributed by atoms with van der Waals surface area (Å²) in [5, 5.41) is 20.8. The number of aliphatic hydroxyl groups is 2. The normalized spacial score (nSPS) is 14.4. The molecule has 0 spiro atoms. The Kier molecular flexibility index (Phi) is 97.4. The molecule has 5 atom stereocenters. The Bertz CT molecular complexity index is 3080. The highest BCUT2D eigenvalue weighted by Crippen LogP contribution is 2.45. The molecule has 740 valence electrons. The van der Waals surface area contributed by atoms with Crippen LogP contribution in [-0.2, 0) is 55.8 Å². The van der Waals surface area contributed by atoms with Gasteiger partial charge >= 0.3 is 33.6 Å². The van der Waals surface area contributed by atoms with Crippen molar-refractivity contribution in [2.75, 3.05) is 39.6 Å². The summed E-state index contributed by atoms with van der Waals surface area (Å²) in [7, 11) is -9.82. The number of phosphoric ester groups is 2. The van der Waals surface area contributed by atoms with Crippen LogP contribution in [0.25, 0.3) is 0 Å². The highest BCUT2D eigenvalue weighted by Gasteiger charge is 2.30. The molecule has 18 heteroatoms. The van der Waals surface area contributed by atoms with Crippen LogP contribution in [0.1, 0.15) is 445 Å². The van der Waals surface area contributed by atoms with E-state index in [9.17, 15) is 43.5 Å². The third-order valence-electron chi connectivity index (χ3n) is 22.1. The number of rotatable bonds is 98. The maximum Gasteiger partial charge on any atom is 0.472 e. The van der Waals surface area contributed by atoms with Crippen LogP contribution in [0.4, 0.5) is 0 Å². The summed E-state index contributed by atoms with van der Waals surface area (Å²) in [6, 6.07) is 0. The second-order valence-corrected chi connectivity index (χ2v) is 37.5. The lowest BCUT2D eigenvalue weighted by atomic mass is 10.0. The Labute approximate surface area is 789 Å². The number of aliphatic hydroxyl groups excluding tert-OH is 2.